The summed E-state index contributed by atoms with van der Waals surface area (Å²) in [6.07, 6.45) is 0.400. The van der Waals surface area contributed by atoms with Gasteiger partial charge in [-0.25, -0.2) is 12.8 Å². The molecule has 0 spiro atoms. The third-order valence-corrected chi connectivity index (χ3v) is 3.83. The number of hydrogen-bond donors (Lipinski definition) is 1. The molecular weight excluding hydrogens is 229 g/mol. The number of sulfone groups is 1. The van der Waals surface area contributed by atoms with E-state index >= 15 is 0 Å². The van der Waals surface area contributed by atoms with Crippen LogP contribution >= 0.6 is 0 Å². The van der Waals surface area contributed by atoms with Crippen LogP contribution in [0.2, 0.25) is 0 Å². The number of halogens is 1. The summed E-state index contributed by atoms with van der Waals surface area (Å²) in [7, 11) is -3.27. The topological polar surface area (TPSA) is 60.2 Å². The molecule has 0 aliphatic carbocycles. The lowest BCUT2D eigenvalue weighted by Gasteiger charge is -2.07. The predicted molar refractivity (Wildman–Crippen MR) is 62.2 cm³/mol. The fourth-order valence-electron chi connectivity index (χ4n) is 1.29. The van der Waals surface area contributed by atoms with E-state index in [4.69, 9.17) is 5.73 Å². The molecule has 1 rings (SSSR count). The van der Waals surface area contributed by atoms with Gasteiger partial charge in [0.1, 0.15) is 5.82 Å². The van der Waals surface area contributed by atoms with Crippen LogP contribution in [0.1, 0.15) is 18.9 Å². The lowest BCUT2D eigenvalue weighted by atomic mass is 10.2. The van der Waals surface area contributed by atoms with E-state index in [1.807, 2.05) is 0 Å². The van der Waals surface area contributed by atoms with Gasteiger partial charge in [-0.15, -0.1) is 0 Å². The molecule has 1 aromatic rings. The van der Waals surface area contributed by atoms with Crippen molar-refractivity contribution in [2.24, 2.45) is 5.73 Å². The average Bonchev–Trinajstić information content (AvgIpc) is 2.19. The lowest BCUT2D eigenvalue weighted by Crippen LogP contribution is -2.21. The average molecular weight is 245 g/mol. The van der Waals surface area contributed by atoms with E-state index in [1.165, 1.54) is 18.2 Å². The van der Waals surface area contributed by atoms with Gasteiger partial charge < -0.3 is 5.73 Å². The minimum atomic E-state index is -3.27. The van der Waals surface area contributed by atoms with Gasteiger partial charge in [0.25, 0.3) is 0 Å². The summed E-state index contributed by atoms with van der Waals surface area (Å²) in [4.78, 5) is 0. The van der Waals surface area contributed by atoms with Crippen molar-refractivity contribution >= 4 is 9.84 Å². The van der Waals surface area contributed by atoms with Gasteiger partial charge in [-0.3, -0.25) is 0 Å². The smallest absolute Gasteiger partial charge is 0.154 e. The molecule has 0 saturated carbocycles. The first-order chi connectivity index (χ1) is 7.41. The van der Waals surface area contributed by atoms with Crippen LogP contribution in [0.15, 0.2) is 24.3 Å². The van der Waals surface area contributed by atoms with Crippen molar-refractivity contribution in [3.63, 3.8) is 0 Å². The van der Waals surface area contributed by atoms with E-state index in [0.717, 1.165) is 0 Å². The second-order valence-electron chi connectivity index (χ2n) is 3.95. The molecule has 1 atom stereocenters. The number of hydrogen-bond acceptors (Lipinski definition) is 3. The zero-order valence-corrected chi connectivity index (χ0v) is 10.0. The maximum absolute atomic E-state index is 13.2. The normalized spacial score (nSPS) is 13.7. The third-order valence-electron chi connectivity index (χ3n) is 2.22. The molecular formula is C11H16FNO2S. The Hall–Kier alpha value is -0.940. The van der Waals surface area contributed by atoms with Gasteiger partial charge in [-0.05, 0) is 19.4 Å². The van der Waals surface area contributed by atoms with Crippen molar-refractivity contribution in [2.75, 3.05) is 5.75 Å². The molecule has 0 aromatic heterocycles. The lowest BCUT2D eigenvalue weighted by molar-refractivity contribution is 0.580. The van der Waals surface area contributed by atoms with Crippen molar-refractivity contribution in [2.45, 2.75) is 25.1 Å². The largest absolute Gasteiger partial charge is 0.328 e. The Morgan fingerprint density at radius 3 is 2.56 bits per heavy atom. The first-order valence-electron chi connectivity index (χ1n) is 5.10. The summed E-state index contributed by atoms with van der Waals surface area (Å²) in [6.45, 7) is 1.75. The van der Waals surface area contributed by atoms with E-state index < -0.39 is 15.7 Å². The fourth-order valence-corrected chi connectivity index (χ4v) is 2.87. The molecule has 3 nitrogen and oxygen atoms in total. The Kier molecular flexibility index (Phi) is 4.44. The monoisotopic (exact) mass is 245 g/mol. The van der Waals surface area contributed by atoms with Crippen molar-refractivity contribution in [3.8, 4) is 0 Å². The molecule has 0 aliphatic rings. The van der Waals surface area contributed by atoms with E-state index in [0.29, 0.717) is 6.42 Å². The SMILES string of the molecule is CC(N)CCS(=O)(=O)Cc1ccccc1F. The van der Waals surface area contributed by atoms with Crippen LogP contribution in [0.4, 0.5) is 4.39 Å². The van der Waals surface area contributed by atoms with E-state index in [1.54, 1.807) is 13.0 Å². The van der Waals surface area contributed by atoms with Gasteiger partial charge in [0.2, 0.25) is 0 Å². The highest BCUT2D eigenvalue weighted by Gasteiger charge is 2.15. The Bertz CT molecular complexity index is 443. The Morgan fingerprint density at radius 1 is 1.38 bits per heavy atom. The highest BCUT2D eigenvalue weighted by molar-refractivity contribution is 7.90. The predicted octanol–water partition coefficient (Wildman–Crippen LogP) is 1.48. The number of nitrogens with two attached hydrogens (primary N) is 1. The summed E-state index contributed by atoms with van der Waals surface area (Å²) >= 11 is 0. The van der Waals surface area contributed by atoms with Gasteiger partial charge in [0, 0.05) is 11.6 Å². The van der Waals surface area contributed by atoms with Gasteiger partial charge in [0.15, 0.2) is 9.84 Å². The maximum atomic E-state index is 13.2. The van der Waals surface area contributed by atoms with Crippen LogP contribution in [-0.2, 0) is 15.6 Å². The quantitative estimate of drug-likeness (QED) is 0.854. The summed E-state index contributed by atoms with van der Waals surface area (Å²) in [5, 5.41) is 0. The molecule has 5 heteroatoms. The van der Waals surface area contributed by atoms with Crippen LogP contribution in [-0.4, -0.2) is 20.2 Å². The van der Waals surface area contributed by atoms with Gasteiger partial charge >= 0.3 is 0 Å². The van der Waals surface area contributed by atoms with Crippen LogP contribution in [0.3, 0.4) is 0 Å². The second-order valence-corrected chi connectivity index (χ2v) is 6.13. The van der Waals surface area contributed by atoms with Crippen LogP contribution < -0.4 is 5.73 Å². The Morgan fingerprint density at radius 2 is 2.00 bits per heavy atom. The van der Waals surface area contributed by atoms with E-state index in [2.05, 4.69) is 0 Å². The molecule has 0 amide bonds. The summed E-state index contributed by atoms with van der Waals surface area (Å²) < 4.78 is 36.5. The fraction of sp³-hybridized carbons (Fsp3) is 0.455. The molecule has 0 aliphatic heterocycles. The minimum absolute atomic E-state index is 0.000991. The van der Waals surface area contributed by atoms with Gasteiger partial charge in [-0.1, -0.05) is 18.2 Å². The maximum Gasteiger partial charge on any atom is 0.154 e. The summed E-state index contributed by atoms with van der Waals surface area (Å²) in [5.41, 5.74) is 5.70. The third kappa shape index (κ3) is 4.28. The van der Waals surface area contributed by atoms with Crippen molar-refractivity contribution in [1.29, 1.82) is 0 Å². The van der Waals surface area contributed by atoms with Crippen molar-refractivity contribution < 1.29 is 12.8 Å². The number of benzene rings is 1. The Labute approximate surface area is 95.4 Å². The summed E-state index contributed by atoms with van der Waals surface area (Å²) in [5.74, 6) is -0.738. The standard InChI is InChI=1S/C11H16FNO2S/c1-9(13)6-7-16(14,15)8-10-4-2-3-5-11(10)12/h2-5,9H,6-8,13H2,1H3. The zero-order valence-electron chi connectivity index (χ0n) is 9.19. The van der Waals surface area contributed by atoms with Crippen LogP contribution in [0.5, 0.6) is 0 Å². The van der Waals surface area contributed by atoms with Gasteiger partial charge in [-0.2, -0.15) is 0 Å². The zero-order chi connectivity index (χ0) is 12.2. The van der Waals surface area contributed by atoms with E-state index in [9.17, 15) is 12.8 Å². The molecule has 90 valence electrons. The molecule has 0 fully saturated rings. The first kappa shape index (κ1) is 13.1. The molecule has 0 radical (unpaired) electrons. The van der Waals surface area contributed by atoms with Crippen molar-refractivity contribution in [3.05, 3.63) is 35.6 Å². The Balaban J connectivity index is 2.70. The molecule has 2 N–H and O–H groups in total. The summed E-state index contributed by atoms with van der Waals surface area (Å²) in [6, 6.07) is 5.75. The van der Waals surface area contributed by atoms with Crippen LogP contribution in [0.25, 0.3) is 0 Å². The highest BCUT2D eigenvalue weighted by atomic mass is 32.2. The first-order valence-corrected chi connectivity index (χ1v) is 6.92. The highest BCUT2D eigenvalue weighted by Crippen LogP contribution is 2.12. The molecule has 1 unspecified atom stereocenters. The van der Waals surface area contributed by atoms with E-state index in [-0.39, 0.29) is 23.1 Å². The molecule has 0 heterocycles. The molecule has 1 aromatic carbocycles. The molecule has 0 saturated heterocycles. The number of rotatable bonds is 5. The van der Waals surface area contributed by atoms with Crippen molar-refractivity contribution in [1.82, 2.24) is 0 Å². The van der Waals surface area contributed by atoms with Gasteiger partial charge in [0.05, 0.1) is 11.5 Å². The molecule has 16 heavy (non-hydrogen) atoms. The second kappa shape index (κ2) is 5.41. The van der Waals surface area contributed by atoms with Crippen LogP contribution in [0, 0.1) is 5.82 Å². The molecule has 0 bridgehead atoms. The minimum Gasteiger partial charge on any atom is -0.328 e.